The molecule has 3 aromatic carbocycles. The standard InChI is InChI=1S/C31H28ClNO7/c1-18(2)38-13-12-33-27(19-8-7-11-23(15-19)39-22-9-5-4-6-10-22)26(29(35)31(33)36)28(34)24-16-20-14-21(32)17-25(37-3)30(20)40-24/h4-11,14-18,27,35H,12-13H2,1-3H3. The molecule has 1 N–H and O–H groups in total. The van der Waals surface area contributed by atoms with Gasteiger partial charge in [-0.05, 0) is 55.8 Å². The van der Waals surface area contributed by atoms with Crippen molar-refractivity contribution in [2.75, 3.05) is 20.3 Å². The average molecular weight is 562 g/mol. The van der Waals surface area contributed by atoms with Crippen molar-refractivity contribution in [3.05, 3.63) is 100 Å². The van der Waals surface area contributed by atoms with E-state index in [1.807, 2.05) is 44.2 Å². The second-order valence-corrected chi connectivity index (χ2v) is 9.97. The molecule has 4 aromatic rings. The number of nitrogens with zero attached hydrogens (tertiary/aromatic N) is 1. The molecule has 1 atom stereocenters. The van der Waals surface area contributed by atoms with E-state index in [2.05, 4.69) is 0 Å². The monoisotopic (exact) mass is 561 g/mol. The molecule has 2 heterocycles. The number of furan rings is 1. The highest BCUT2D eigenvalue weighted by atomic mass is 35.5. The number of amides is 1. The van der Waals surface area contributed by atoms with E-state index in [4.69, 9.17) is 30.2 Å². The molecule has 0 saturated carbocycles. The maximum Gasteiger partial charge on any atom is 0.290 e. The molecule has 1 aliphatic heterocycles. The maximum absolute atomic E-state index is 13.9. The minimum Gasteiger partial charge on any atom is -0.503 e. The van der Waals surface area contributed by atoms with Gasteiger partial charge in [0, 0.05) is 23.0 Å². The molecule has 206 valence electrons. The summed E-state index contributed by atoms with van der Waals surface area (Å²) in [5.41, 5.74) is 0.808. The Labute approximate surface area is 236 Å². The summed E-state index contributed by atoms with van der Waals surface area (Å²) in [5, 5.41) is 12.0. The molecule has 1 aliphatic rings. The first-order valence-corrected chi connectivity index (χ1v) is 13.1. The van der Waals surface area contributed by atoms with Crippen molar-refractivity contribution >= 4 is 34.3 Å². The quantitative estimate of drug-likeness (QED) is 0.210. The third-order valence-electron chi connectivity index (χ3n) is 6.48. The molecule has 8 nitrogen and oxygen atoms in total. The highest BCUT2D eigenvalue weighted by molar-refractivity contribution is 6.31. The molecule has 9 heteroatoms. The summed E-state index contributed by atoms with van der Waals surface area (Å²) in [7, 11) is 1.47. The van der Waals surface area contributed by atoms with Gasteiger partial charge in [-0.3, -0.25) is 9.59 Å². The molecule has 40 heavy (non-hydrogen) atoms. The fourth-order valence-electron chi connectivity index (χ4n) is 4.70. The van der Waals surface area contributed by atoms with Crippen molar-refractivity contribution in [2.24, 2.45) is 0 Å². The number of carbonyl (C=O) groups is 2. The Bertz CT molecular complexity index is 1590. The first-order valence-electron chi connectivity index (χ1n) is 12.8. The van der Waals surface area contributed by atoms with Crippen molar-refractivity contribution in [1.29, 1.82) is 0 Å². The van der Waals surface area contributed by atoms with Gasteiger partial charge in [0.05, 0.1) is 31.4 Å². The maximum atomic E-state index is 13.9. The summed E-state index contributed by atoms with van der Waals surface area (Å²) in [6.07, 6.45) is -0.0567. The molecule has 0 fully saturated rings. The van der Waals surface area contributed by atoms with Crippen LogP contribution in [0, 0.1) is 0 Å². The lowest BCUT2D eigenvalue weighted by Gasteiger charge is -2.27. The number of carbonyl (C=O) groups excluding carboxylic acids is 2. The van der Waals surface area contributed by atoms with Gasteiger partial charge in [-0.25, -0.2) is 0 Å². The lowest BCUT2D eigenvalue weighted by molar-refractivity contribution is -0.130. The van der Waals surface area contributed by atoms with Crippen LogP contribution in [0.15, 0.2) is 88.5 Å². The van der Waals surface area contributed by atoms with E-state index >= 15 is 0 Å². The van der Waals surface area contributed by atoms with Crippen LogP contribution in [0.5, 0.6) is 17.2 Å². The Kier molecular flexibility index (Phi) is 7.82. The van der Waals surface area contributed by atoms with E-state index in [1.165, 1.54) is 18.1 Å². The molecular formula is C31H28ClNO7. The van der Waals surface area contributed by atoms with E-state index < -0.39 is 23.5 Å². The number of aliphatic hydroxyl groups is 1. The lowest BCUT2D eigenvalue weighted by atomic mass is 9.95. The second-order valence-electron chi connectivity index (χ2n) is 9.54. The predicted molar refractivity (Wildman–Crippen MR) is 150 cm³/mol. The minimum absolute atomic E-state index is 0.0567. The number of Topliss-reactive ketones (excluding diaryl/α,β-unsaturated/α-hetero) is 1. The Morgan fingerprint density at radius 3 is 2.52 bits per heavy atom. The third kappa shape index (κ3) is 5.41. The van der Waals surface area contributed by atoms with Gasteiger partial charge in [-0.15, -0.1) is 0 Å². The number of ketones is 1. The van der Waals surface area contributed by atoms with Gasteiger partial charge in [-0.2, -0.15) is 0 Å². The minimum atomic E-state index is -0.909. The molecule has 0 bridgehead atoms. The zero-order chi connectivity index (χ0) is 28.4. The molecule has 1 aromatic heterocycles. The number of hydrogen-bond donors (Lipinski definition) is 1. The summed E-state index contributed by atoms with van der Waals surface area (Å²) < 4.78 is 22.9. The van der Waals surface area contributed by atoms with Crippen LogP contribution >= 0.6 is 11.6 Å². The van der Waals surface area contributed by atoms with Gasteiger partial charge >= 0.3 is 0 Å². The van der Waals surface area contributed by atoms with Crippen molar-refractivity contribution in [3.63, 3.8) is 0 Å². The number of methoxy groups -OCH3 is 1. The zero-order valence-corrected chi connectivity index (χ0v) is 23.0. The summed E-state index contributed by atoms with van der Waals surface area (Å²) in [4.78, 5) is 28.7. The van der Waals surface area contributed by atoms with Crippen LogP contribution in [-0.4, -0.2) is 48.1 Å². The number of aliphatic hydroxyl groups excluding tert-OH is 1. The van der Waals surface area contributed by atoms with E-state index in [9.17, 15) is 14.7 Å². The molecule has 0 saturated heterocycles. The third-order valence-corrected chi connectivity index (χ3v) is 6.69. The SMILES string of the molecule is COc1cc(Cl)cc2cc(C(=O)C3=C(O)C(=O)N(CCOC(C)C)C3c3cccc(Oc4ccccc4)c3)oc12. The van der Waals surface area contributed by atoms with Crippen LogP contribution in [-0.2, 0) is 9.53 Å². The zero-order valence-electron chi connectivity index (χ0n) is 22.2. The van der Waals surface area contributed by atoms with E-state index in [1.54, 1.807) is 36.4 Å². The fraction of sp³-hybridized carbons (Fsp3) is 0.226. The lowest BCUT2D eigenvalue weighted by Crippen LogP contribution is -2.34. The average Bonchev–Trinajstić information content (AvgIpc) is 3.47. The van der Waals surface area contributed by atoms with Gasteiger partial charge in [0.2, 0.25) is 5.78 Å². The molecule has 0 spiro atoms. The van der Waals surface area contributed by atoms with Crippen LogP contribution in [0.3, 0.4) is 0 Å². The Morgan fingerprint density at radius 1 is 1.05 bits per heavy atom. The van der Waals surface area contributed by atoms with Crippen LogP contribution < -0.4 is 9.47 Å². The van der Waals surface area contributed by atoms with Gasteiger partial charge in [0.1, 0.15) is 11.5 Å². The van der Waals surface area contributed by atoms with Gasteiger partial charge in [0.25, 0.3) is 5.91 Å². The number of fused-ring (bicyclic) bond motifs is 1. The smallest absolute Gasteiger partial charge is 0.290 e. The Morgan fingerprint density at radius 2 is 1.80 bits per heavy atom. The first kappa shape index (κ1) is 27.3. The molecule has 5 rings (SSSR count). The second kappa shape index (κ2) is 11.5. The molecule has 0 aliphatic carbocycles. The Hall–Kier alpha value is -4.27. The summed E-state index contributed by atoms with van der Waals surface area (Å²) in [6.45, 7) is 4.14. The number of rotatable bonds is 10. The Balaban J connectivity index is 1.56. The van der Waals surface area contributed by atoms with Crippen LogP contribution in [0.1, 0.15) is 36.0 Å². The molecule has 1 amide bonds. The van der Waals surface area contributed by atoms with Crippen molar-refractivity contribution < 1.29 is 33.3 Å². The molecule has 0 radical (unpaired) electrons. The number of para-hydroxylation sites is 1. The molecule has 1 unspecified atom stereocenters. The first-order chi connectivity index (χ1) is 19.3. The summed E-state index contributed by atoms with van der Waals surface area (Å²) in [6, 6.07) is 20.2. The number of halogens is 1. The van der Waals surface area contributed by atoms with Crippen LogP contribution in [0.2, 0.25) is 5.02 Å². The number of benzene rings is 3. The summed E-state index contributed by atoms with van der Waals surface area (Å²) >= 11 is 6.20. The number of hydrogen-bond acceptors (Lipinski definition) is 7. The van der Waals surface area contributed by atoms with E-state index in [-0.39, 0.29) is 30.6 Å². The van der Waals surface area contributed by atoms with E-state index in [0.29, 0.717) is 38.8 Å². The normalized spacial score (nSPS) is 15.4. The number of ether oxygens (including phenoxy) is 3. The van der Waals surface area contributed by atoms with Crippen molar-refractivity contribution in [3.8, 4) is 17.2 Å². The van der Waals surface area contributed by atoms with E-state index in [0.717, 1.165) is 0 Å². The topological polar surface area (TPSA) is 98.4 Å². The van der Waals surface area contributed by atoms with Gasteiger partial charge in [0.15, 0.2) is 22.9 Å². The van der Waals surface area contributed by atoms with Crippen molar-refractivity contribution in [2.45, 2.75) is 26.0 Å². The highest BCUT2D eigenvalue weighted by Crippen LogP contribution is 2.41. The highest BCUT2D eigenvalue weighted by Gasteiger charge is 2.44. The van der Waals surface area contributed by atoms with Gasteiger partial charge in [-0.1, -0.05) is 41.9 Å². The van der Waals surface area contributed by atoms with Crippen LogP contribution in [0.25, 0.3) is 11.0 Å². The summed E-state index contributed by atoms with van der Waals surface area (Å²) in [5.74, 6) is -0.508. The largest absolute Gasteiger partial charge is 0.503 e. The fourth-order valence-corrected chi connectivity index (χ4v) is 4.92. The van der Waals surface area contributed by atoms with Crippen LogP contribution in [0.4, 0.5) is 0 Å². The van der Waals surface area contributed by atoms with Gasteiger partial charge < -0.3 is 28.6 Å². The molecular weight excluding hydrogens is 534 g/mol. The predicted octanol–water partition coefficient (Wildman–Crippen LogP) is 6.89. The van der Waals surface area contributed by atoms with Crippen molar-refractivity contribution in [1.82, 2.24) is 4.90 Å².